The summed E-state index contributed by atoms with van der Waals surface area (Å²) in [6, 6.07) is 4.02. The Kier molecular flexibility index (Phi) is 3.82. The van der Waals surface area contributed by atoms with E-state index in [0.29, 0.717) is 23.9 Å². The second-order valence-electron chi connectivity index (χ2n) is 5.62. The fourth-order valence-corrected chi connectivity index (χ4v) is 3.03. The smallest absolute Gasteiger partial charge is 0.340 e. The average Bonchev–Trinajstić information content (AvgIpc) is 2.90. The lowest BCUT2D eigenvalue weighted by atomic mass is 9.96. The molecule has 0 unspecified atom stereocenters. The van der Waals surface area contributed by atoms with Gasteiger partial charge < -0.3 is 10.5 Å². The van der Waals surface area contributed by atoms with E-state index in [1.54, 1.807) is 13.0 Å². The zero-order chi connectivity index (χ0) is 14.8. The largest absolute Gasteiger partial charge is 0.462 e. The van der Waals surface area contributed by atoms with Gasteiger partial charge in [0.15, 0.2) is 0 Å². The van der Waals surface area contributed by atoms with Gasteiger partial charge in [0.25, 0.3) is 0 Å². The Morgan fingerprint density at radius 3 is 2.86 bits per heavy atom. The van der Waals surface area contributed by atoms with Gasteiger partial charge in [-0.15, -0.1) is 0 Å². The maximum atomic E-state index is 11.9. The topological polar surface area (TPSA) is 70.1 Å². The van der Waals surface area contributed by atoms with Crippen LogP contribution in [-0.4, -0.2) is 22.4 Å². The summed E-state index contributed by atoms with van der Waals surface area (Å²) >= 11 is 0. The molecule has 0 saturated heterocycles. The number of carbonyl (C=O) groups is 1. The third-order valence-electron chi connectivity index (χ3n) is 4.14. The lowest BCUT2D eigenvalue weighted by Gasteiger charge is -2.21. The van der Waals surface area contributed by atoms with Crippen LogP contribution in [0.25, 0.3) is 10.9 Å². The molecule has 0 bridgehead atoms. The molecule has 0 amide bonds. The summed E-state index contributed by atoms with van der Waals surface area (Å²) in [6.45, 7) is 2.12. The minimum Gasteiger partial charge on any atom is -0.462 e. The van der Waals surface area contributed by atoms with Gasteiger partial charge in [-0.3, -0.25) is 4.68 Å². The first kappa shape index (κ1) is 13.9. The molecule has 1 fully saturated rings. The summed E-state index contributed by atoms with van der Waals surface area (Å²) in [5, 5.41) is 5.61. The number of carbonyl (C=O) groups excluding carboxylic acids is 1. The molecule has 0 aliphatic heterocycles. The van der Waals surface area contributed by atoms with E-state index in [1.165, 1.54) is 32.1 Å². The van der Waals surface area contributed by atoms with E-state index in [4.69, 9.17) is 10.5 Å². The van der Waals surface area contributed by atoms with E-state index >= 15 is 0 Å². The summed E-state index contributed by atoms with van der Waals surface area (Å²) in [5.41, 5.74) is 7.62. The van der Waals surface area contributed by atoms with Gasteiger partial charge in [-0.05, 0) is 31.9 Å². The van der Waals surface area contributed by atoms with Gasteiger partial charge >= 0.3 is 5.97 Å². The van der Waals surface area contributed by atoms with Crippen LogP contribution in [0.15, 0.2) is 18.3 Å². The number of nitrogens with zero attached hydrogens (tertiary/aromatic N) is 2. The van der Waals surface area contributed by atoms with Crippen LogP contribution >= 0.6 is 0 Å². The van der Waals surface area contributed by atoms with E-state index < -0.39 is 0 Å². The predicted octanol–water partition coefficient (Wildman–Crippen LogP) is 3.30. The van der Waals surface area contributed by atoms with Crippen LogP contribution in [0.4, 0.5) is 5.69 Å². The van der Waals surface area contributed by atoms with E-state index in [2.05, 4.69) is 5.10 Å². The standard InChI is InChI=1S/C16H21N3O2/c1-2-21-16(20)13-9-15-11(8-14(13)17)10-19(18-15)12-6-4-3-5-7-12/h8-10,12H,2-7,17H2,1H3. The summed E-state index contributed by atoms with van der Waals surface area (Å²) in [5.74, 6) is -0.385. The van der Waals surface area contributed by atoms with Crippen molar-refractivity contribution in [2.45, 2.75) is 45.1 Å². The minimum atomic E-state index is -0.385. The number of ether oxygens (including phenoxy) is 1. The lowest BCUT2D eigenvalue weighted by Crippen LogP contribution is -2.12. The highest BCUT2D eigenvalue weighted by atomic mass is 16.5. The summed E-state index contributed by atoms with van der Waals surface area (Å²) < 4.78 is 7.07. The van der Waals surface area contributed by atoms with Gasteiger partial charge in [0.2, 0.25) is 0 Å². The van der Waals surface area contributed by atoms with Gasteiger partial charge in [-0.25, -0.2) is 4.79 Å². The molecular formula is C16H21N3O2. The van der Waals surface area contributed by atoms with Crippen LogP contribution in [-0.2, 0) is 4.74 Å². The normalized spacial score (nSPS) is 16.2. The first-order valence-electron chi connectivity index (χ1n) is 7.64. The van der Waals surface area contributed by atoms with E-state index in [-0.39, 0.29) is 5.97 Å². The quantitative estimate of drug-likeness (QED) is 0.694. The van der Waals surface area contributed by atoms with Crippen molar-refractivity contribution < 1.29 is 9.53 Å². The number of rotatable bonds is 3. The number of nitrogens with two attached hydrogens (primary N) is 1. The molecule has 1 aliphatic carbocycles. The summed E-state index contributed by atoms with van der Waals surface area (Å²) in [6.07, 6.45) is 8.23. The lowest BCUT2D eigenvalue weighted by molar-refractivity contribution is 0.0528. The Bertz CT molecular complexity index is 657. The second-order valence-corrected chi connectivity index (χ2v) is 5.62. The minimum absolute atomic E-state index is 0.340. The molecule has 1 heterocycles. The molecule has 0 atom stereocenters. The van der Waals surface area contributed by atoms with Gasteiger partial charge in [0, 0.05) is 17.3 Å². The number of hydrogen-bond donors (Lipinski definition) is 1. The molecule has 5 heteroatoms. The number of hydrogen-bond acceptors (Lipinski definition) is 4. The Morgan fingerprint density at radius 2 is 2.14 bits per heavy atom. The fourth-order valence-electron chi connectivity index (χ4n) is 3.03. The number of anilines is 1. The van der Waals surface area contributed by atoms with Crippen molar-refractivity contribution in [3.05, 3.63) is 23.9 Å². The number of fused-ring (bicyclic) bond motifs is 1. The molecule has 2 aromatic rings. The van der Waals surface area contributed by atoms with Crippen molar-refractivity contribution in [2.24, 2.45) is 0 Å². The number of aromatic nitrogens is 2. The van der Waals surface area contributed by atoms with Gasteiger partial charge in [0.05, 0.1) is 23.7 Å². The van der Waals surface area contributed by atoms with Crippen LogP contribution in [0, 0.1) is 0 Å². The molecule has 112 valence electrons. The van der Waals surface area contributed by atoms with Crippen LogP contribution < -0.4 is 5.73 Å². The molecule has 1 aromatic carbocycles. The zero-order valence-electron chi connectivity index (χ0n) is 12.3. The molecule has 1 saturated carbocycles. The predicted molar refractivity (Wildman–Crippen MR) is 82.2 cm³/mol. The molecule has 21 heavy (non-hydrogen) atoms. The van der Waals surface area contributed by atoms with Crippen LogP contribution in [0.2, 0.25) is 0 Å². The molecule has 3 rings (SSSR count). The number of benzene rings is 1. The van der Waals surface area contributed by atoms with Crippen molar-refractivity contribution in [3.63, 3.8) is 0 Å². The van der Waals surface area contributed by atoms with Crippen LogP contribution in [0.3, 0.4) is 0 Å². The first-order chi connectivity index (χ1) is 10.2. The monoisotopic (exact) mass is 287 g/mol. The maximum Gasteiger partial charge on any atom is 0.340 e. The summed E-state index contributed by atoms with van der Waals surface area (Å²) in [7, 11) is 0. The Labute approximate surface area is 124 Å². The van der Waals surface area contributed by atoms with Crippen molar-refractivity contribution in [1.82, 2.24) is 9.78 Å². The molecule has 1 aliphatic rings. The van der Waals surface area contributed by atoms with Gasteiger partial charge in [-0.2, -0.15) is 5.10 Å². The van der Waals surface area contributed by atoms with Crippen molar-refractivity contribution in [2.75, 3.05) is 12.3 Å². The van der Waals surface area contributed by atoms with Gasteiger partial charge in [0.1, 0.15) is 0 Å². The highest BCUT2D eigenvalue weighted by Gasteiger charge is 2.18. The third kappa shape index (κ3) is 2.73. The SMILES string of the molecule is CCOC(=O)c1cc2nn(C3CCCCC3)cc2cc1N. The molecular weight excluding hydrogens is 266 g/mol. The fraction of sp³-hybridized carbons (Fsp3) is 0.500. The van der Waals surface area contributed by atoms with Crippen molar-refractivity contribution >= 4 is 22.6 Å². The Hall–Kier alpha value is -2.04. The molecule has 0 spiro atoms. The molecule has 0 radical (unpaired) electrons. The molecule has 5 nitrogen and oxygen atoms in total. The molecule has 1 aromatic heterocycles. The Balaban J connectivity index is 1.95. The van der Waals surface area contributed by atoms with E-state index in [1.807, 2.05) is 16.9 Å². The van der Waals surface area contributed by atoms with Crippen molar-refractivity contribution in [1.29, 1.82) is 0 Å². The second kappa shape index (κ2) is 5.76. The third-order valence-corrected chi connectivity index (χ3v) is 4.14. The van der Waals surface area contributed by atoms with E-state index in [9.17, 15) is 4.79 Å². The average molecular weight is 287 g/mol. The van der Waals surface area contributed by atoms with Crippen LogP contribution in [0.5, 0.6) is 0 Å². The first-order valence-corrected chi connectivity index (χ1v) is 7.64. The highest BCUT2D eigenvalue weighted by molar-refractivity contribution is 6.00. The van der Waals surface area contributed by atoms with Crippen molar-refractivity contribution in [3.8, 4) is 0 Å². The van der Waals surface area contributed by atoms with Crippen LogP contribution in [0.1, 0.15) is 55.4 Å². The number of esters is 1. The van der Waals surface area contributed by atoms with E-state index in [0.717, 1.165) is 10.9 Å². The maximum absolute atomic E-state index is 11.9. The molecule has 2 N–H and O–H groups in total. The Morgan fingerprint density at radius 1 is 1.38 bits per heavy atom. The summed E-state index contributed by atoms with van der Waals surface area (Å²) in [4.78, 5) is 11.9. The number of nitrogen functional groups attached to an aromatic ring is 1. The highest BCUT2D eigenvalue weighted by Crippen LogP contribution is 2.30. The van der Waals surface area contributed by atoms with Gasteiger partial charge in [-0.1, -0.05) is 19.3 Å². The zero-order valence-corrected chi connectivity index (χ0v) is 12.3.